The van der Waals surface area contributed by atoms with E-state index in [4.69, 9.17) is 15.9 Å². The molecule has 0 unspecified atom stereocenters. The second-order valence-corrected chi connectivity index (χ2v) is 4.96. The molecule has 0 fully saturated rings. The summed E-state index contributed by atoms with van der Waals surface area (Å²) in [6, 6.07) is 12.4. The standard InChI is InChI=1S/C17H15N5O4.ClH/c18-17(21-19-9-11-3-1-5-13(7-11)15(23)24)22-20-10-12-4-2-6-14(8-12)16(25)26;/h1-10H,(H,23,24)(H,25,26)(H3,18,21,22);1H/b19-9+,20-10+;. The first-order valence-electron chi connectivity index (χ1n) is 7.28. The van der Waals surface area contributed by atoms with E-state index in [-0.39, 0.29) is 29.5 Å². The number of nitrogens with two attached hydrogens (primary N) is 1. The van der Waals surface area contributed by atoms with E-state index >= 15 is 0 Å². The second-order valence-electron chi connectivity index (χ2n) is 4.96. The summed E-state index contributed by atoms with van der Waals surface area (Å²) in [7, 11) is 0. The van der Waals surface area contributed by atoms with Gasteiger partial charge in [-0.1, -0.05) is 24.3 Å². The van der Waals surface area contributed by atoms with Gasteiger partial charge in [0.25, 0.3) is 0 Å². The van der Waals surface area contributed by atoms with Crippen molar-refractivity contribution in [1.29, 1.82) is 0 Å². The van der Waals surface area contributed by atoms with E-state index in [1.807, 2.05) is 0 Å². The predicted molar refractivity (Wildman–Crippen MR) is 104 cm³/mol. The first-order valence-corrected chi connectivity index (χ1v) is 7.28. The van der Waals surface area contributed by atoms with Crippen LogP contribution < -0.4 is 11.2 Å². The average Bonchev–Trinajstić information content (AvgIpc) is 2.62. The monoisotopic (exact) mass is 389 g/mol. The van der Waals surface area contributed by atoms with Gasteiger partial charge in [0, 0.05) is 0 Å². The third-order valence-corrected chi connectivity index (χ3v) is 3.03. The maximum Gasteiger partial charge on any atom is 0.335 e. The summed E-state index contributed by atoms with van der Waals surface area (Å²) in [4.78, 5) is 21.8. The van der Waals surface area contributed by atoms with Crippen LogP contribution in [0.25, 0.3) is 0 Å². The molecular formula is C17H16ClN5O4. The summed E-state index contributed by atoms with van der Waals surface area (Å²) < 4.78 is 0. The van der Waals surface area contributed by atoms with Crippen molar-refractivity contribution in [1.82, 2.24) is 5.43 Å². The van der Waals surface area contributed by atoms with Crippen molar-refractivity contribution in [2.45, 2.75) is 0 Å². The highest BCUT2D eigenvalue weighted by molar-refractivity contribution is 5.92. The zero-order valence-electron chi connectivity index (χ0n) is 13.8. The van der Waals surface area contributed by atoms with Gasteiger partial charge in [0.2, 0.25) is 5.96 Å². The number of hydrogen-bond donors (Lipinski definition) is 4. The Balaban J connectivity index is 0.00000364. The van der Waals surface area contributed by atoms with Crippen molar-refractivity contribution in [2.24, 2.45) is 21.0 Å². The lowest BCUT2D eigenvalue weighted by Crippen LogP contribution is -2.26. The van der Waals surface area contributed by atoms with Crippen molar-refractivity contribution in [2.75, 3.05) is 0 Å². The van der Waals surface area contributed by atoms with E-state index in [9.17, 15) is 9.59 Å². The smallest absolute Gasteiger partial charge is 0.335 e. The number of hydrogen-bond acceptors (Lipinski definition) is 5. The molecule has 0 bridgehead atoms. The Hall–Kier alpha value is -3.72. The van der Waals surface area contributed by atoms with Crippen molar-refractivity contribution < 1.29 is 19.8 Å². The molecule has 0 atom stereocenters. The minimum absolute atomic E-state index is 0. The predicted octanol–water partition coefficient (Wildman–Crippen LogP) is 1.78. The Morgan fingerprint density at radius 3 is 1.96 bits per heavy atom. The summed E-state index contributed by atoms with van der Waals surface area (Å²) in [5.74, 6) is -2.16. The molecule has 9 nitrogen and oxygen atoms in total. The fourth-order valence-electron chi connectivity index (χ4n) is 1.86. The maximum atomic E-state index is 10.9. The Morgan fingerprint density at radius 1 is 0.926 bits per heavy atom. The van der Waals surface area contributed by atoms with Gasteiger partial charge in [-0.15, -0.1) is 17.5 Å². The number of rotatable bonds is 6. The second kappa shape index (κ2) is 10.3. The van der Waals surface area contributed by atoms with Crippen LogP contribution in [0.1, 0.15) is 31.8 Å². The molecule has 2 aromatic carbocycles. The van der Waals surface area contributed by atoms with E-state index in [1.165, 1.54) is 36.7 Å². The molecule has 0 aliphatic rings. The molecule has 2 aromatic rings. The van der Waals surface area contributed by atoms with Crippen LogP contribution >= 0.6 is 12.4 Å². The first-order chi connectivity index (χ1) is 12.5. The van der Waals surface area contributed by atoms with Gasteiger partial charge >= 0.3 is 11.9 Å². The third kappa shape index (κ3) is 6.96. The van der Waals surface area contributed by atoms with Crippen LogP contribution in [0.15, 0.2) is 63.8 Å². The first kappa shape index (κ1) is 21.3. The highest BCUT2D eigenvalue weighted by Crippen LogP contribution is 2.04. The minimum Gasteiger partial charge on any atom is -0.478 e. The van der Waals surface area contributed by atoms with Crippen LogP contribution in [-0.4, -0.2) is 40.5 Å². The SMILES string of the molecule is Cl.N/C(=N\N=C\c1cccc(C(=O)O)c1)N/N=C/c1cccc(C(=O)O)c1. The number of carboxylic acids is 2. The van der Waals surface area contributed by atoms with Crippen molar-refractivity contribution in [3.05, 3.63) is 70.8 Å². The Kier molecular flexibility index (Phi) is 8.14. The van der Waals surface area contributed by atoms with Crippen LogP contribution in [0, 0.1) is 0 Å². The maximum absolute atomic E-state index is 10.9. The number of carboxylic acid groups (broad SMARTS) is 2. The lowest BCUT2D eigenvalue weighted by molar-refractivity contribution is 0.0686. The molecule has 0 saturated heterocycles. The van der Waals surface area contributed by atoms with E-state index < -0.39 is 11.9 Å². The number of halogens is 1. The van der Waals surface area contributed by atoms with E-state index in [0.717, 1.165) is 0 Å². The molecule has 0 aliphatic heterocycles. The number of aromatic carboxylic acids is 2. The van der Waals surface area contributed by atoms with Gasteiger partial charge in [-0.3, -0.25) is 0 Å². The molecule has 0 spiro atoms. The van der Waals surface area contributed by atoms with Crippen LogP contribution in [0.3, 0.4) is 0 Å². The van der Waals surface area contributed by atoms with Gasteiger partial charge in [-0.2, -0.15) is 10.2 Å². The Bertz CT molecular complexity index is 912. The fourth-order valence-corrected chi connectivity index (χ4v) is 1.86. The molecular weight excluding hydrogens is 374 g/mol. The number of guanidine groups is 1. The molecule has 10 heteroatoms. The molecule has 0 heterocycles. The number of nitrogens with one attached hydrogen (secondary N) is 1. The number of hydrazone groups is 1. The normalized spacial score (nSPS) is 11.3. The fraction of sp³-hybridized carbons (Fsp3) is 0. The summed E-state index contributed by atoms with van der Waals surface area (Å²) in [6.45, 7) is 0. The molecule has 0 amide bonds. The van der Waals surface area contributed by atoms with E-state index in [1.54, 1.807) is 24.3 Å². The summed E-state index contributed by atoms with van der Waals surface area (Å²) >= 11 is 0. The molecule has 0 aliphatic carbocycles. The summed E-state index contributed by atoms with van der Waals surface area (Å²) in [5, 5.41) is 29.1. The van der Waals surface area contributed by atoms with Gasteiger partial charge in [-0.05, 0) is 35.4 Å². The Morgan fingerprint density at radius 2 is 1.44 bits per heavy atom. The number of nitrogens with zero attached hydrogens (tertiary/aromatic N) is 3. The molecule has 140 valence electrons. The molecule has 0 aromatic heterocycles. The van der Waals surface area contributed by atoms with Crippen LogP contribution in [0.2, 0.25) is 0 Å². The summed E-state index contributed by atoms with van der Waals surface area (Å²) in [6.07, 6.45) is 2.73. The van der Waals surface area contributed by atoms with Gasteiger partial charge in [0.05, 0.1) is 23.6 Å². The van der Waals surface area contributed by atoms with Crippen molar-refractivity contribution in [3.63, 3.8) is 0 Å². The lowest BCUT2D eigenvalue weighted by atomic mass is 10.1. The molecule has 5 N–H and O–H groups in total. The largest absolute Gasteiger partial charge is 0.478 e. The zero-order valence-corrected chi connectivity index (χ0v) is 14.6. The van der Waals surface area contributed by atoms with Crippen LogP contribution in [0.4, 0.5) is 0 Å². The van der Waals surface area contributed by atoms with E-state index in [0.29, 0.717) is 11.1 Å². The van der Waals surface area contributed by atoms with Gasteiger partial charge in [0.1, 0.15) is 0 Å². The van der Waals surface area contributed by atoms with Gasteiger partial charge < -0.3 is 15.9 Å². The Labute approximate surface area is 160 Å². The van der Waals surface area contributed by atoms with E-state index in [2.05, 4.69) is 20.7 Å². The van der Waals surface area contributed by atoms with Gasteiger partial charge in [0.15, 0.2) is 0 Å². The molecule has 0 saturated carbocycles. The van der Waals surface area contributed by atoms with Crippen molar-refractivity contribution >= 4 is 42.7 Å². The topological polar surface area (TPSA) is 150 Å². The average molecular weight is 390 g/mol. The number of benzene rings is 2. The van der Waals surface area contributed by atoms with Gasteiger partial charge in [-0.25, -0.2) is 15.0 Å². The van der Waals surface area contributed by atoms with Crippen LogP contribution in [-0.2, 0) is 0 Å². The highest BCUT2D eigenvalue weighted by Gasteiger charge is 2.02. The summed E-state index contributed by atoms with van der Waals surface area (Å²) in [5.41, 5.74) is 9.42. The van der Waals surface area contributed by atoms with Crippen LogP contribution in [0.5, 0.6) is 0 Å². The quantitative estimate of drug-likeness (QED) is 0.336. The molecule has 2 rings (SSSR count). The third-order valence-electron chi connectivity index (χ3n) is 3.03. The minimum atomic E-state index is -1.04. The lowest BCUT2D eigenvalue weighted by Gasteiger charge is -1.98. The van der Waals surface area contributed by atoms with Crippen molar-refractivity contribution in [3.8, 4) is 0 Å². The highest BCUT2D eigenvalue weighted by atomic mass is 35.5. The molecule has 27 heavy (non-hydrogen) atoms. The number of carbonyl (C=O) groups is 2. The zero-order chi connectivity index (χ0) is 18.9. The molecule has 0 radical (unpaired) electrons.